The largest absolute Gasteiger partial charge is 0.382 e. The van der Waals surface area contributed by atoms with Crippen molar-refractivity contribution in [3.63, 3.8) is 0 Å². The van der Waals surface area contributed by atoms with Gasteiger partial charge in [0.25, 0.3) is 0 Å². The quantitative estimate of drug-likeness (QED) is 0.700. The number of hydrogen-bond donors (Lipinski definition) is 2. The molecule has 1 amide bonds. The first-order valence-electron chi connectivity index (χ1n) is 5.03. The van der Waals surface area contributed by atoms with Crippen molar-refractivity contribution >= 4 is 11.7 Å². The lowest BCUT2D eigenvalue weighted by Gasteiger charge is -2.04. The Balaban J connectivity index is 1.84. The Hall–Kier alpha value is -2.38. The fourth-order valence-electron chi connectivity index (χ4n) is 1.31. The minimum Gasteiger partial charge on any atom is -0.382 e. The van der Waals surface area contributed by atoms with E-state index in [9.17, 15) is 4.79 Å². The molecule has 0 radical (unpaired) electrons. The van der Waals surface area contributed by atoms with Gasteiger partial charge in [-0.05, 0) is 6.07 Å². The number of hydrogen-bond acceptors (Lipinski definition) is 5. The molecule has 0 aromatic carbocycles. The molecule has 2 heterocycles. The summed E-state index contributed by atoms with van der Waals surface area (Å²) in [6.45, 7) is 0.473. The number of carbonyl (C=O) groups is 1. The lowest BCUT2D eigenvalue weighted by molar-refractivity contribution is -0.122. The van der Waals surface area contributed by atoms with Crippen molar-refractivity contribution in [2.75, 3.05) is 5.73 Å². The van der Waals surface area contributed by atoms with Crippen molar-refractivity contribution in [3.8, 4) is 0 Å². The van der Waals surface area contributed by atoms with Crippen molar-refractivity contribution in [3.05, 3.63) is 24.4 Å². The molecular weight excluding hydrogens is 222 g/mol. The molecule has 0 saturated heterocycles. The minimum absolute atomic E-state index is 0.134. The summed E-state index contributed by atoms with van der Waals surface area (Å²) in [5, 5.41) is 14.2. The molecule has 0 aliphatic rings. The van der Waals surface area contributed by atoms with E-state index in [1.807, 2.05) is 7.05 Å². The van der Waals surface area contributed by atoms with Crippen LogP contribution in [0.2, 0.25) is 0 Å². The van der Waals surface area contributed by atoms with Gasteiger partial charge in [-0.3, -0.25) is 9.48 Å². The fourth-order valence-corrected chi connectivity index (χ4v) is 1.31. The van der Waals surface area contributed by atoms with Crippen LogP contribution in [0.3, 0.4) is 0 Å². The third-order valence-electron chi connectivity index (χ3n) is 2.22. The zero-order valence-electron chi connectivity index (χ0n) is 9.37. The molecule has 0 atom stereocenters. The Morgan fingerprint density at radius 1 is 1.59 bits per heavy atom. The summed E-state index contributed by atoms with van der Waals surface area (Å²) < 4.78 is 3.22. The van der Waals surface area contributed by atoms with Crippen LogP contribution in [0.15, 0.2) is 18.6 Å². The van der Waals surface area contributed by atoms with Crippen molar-refractivity contribution in [1.29, 1.82) is 0 Å². The first-order valence-corrected chi connectivity index (χ1v) is 5.03. The number of rotatable bonds is 4. The first kappa shape index (κ1) is 11.1. The van der Waals surface area contributed by atoms with Gasteiger partial charge in [-0.1, -0.05) is 0 Å². The molecule has 8 heteroatoms. The number of amides is 1. The SMILES string of the molecule is Cn1cnnc1CNC(=O)Cn1ccc(N)n1. The summed E-state index contributed by atoms with van der Waals surface area (Å²) in [5.74, 6) is 0.931. The molecule has 8 nitrogen and oxygen atoms in total. The Morgan fingerprint density at radius 2 is 2.41 bits per heavy atom. The van der Waals surface area contributed by atoms with Gasteiger partial charge in [0.1, 0.15) is 18.7 Å². The van der Waals surface area contributed by atoms with Crippen molar-refractivity contribution in [1.82, 2.24) is 29.9 Å². The number of carbonyl (C=O) groups excluding carboxylic acids is 1. The van der Waals surface area contributed by atoms with Crippen LogP contribution >= 0.6 is 0 Å². The van der Waals surface area contributed by atoms with Crippen molar-refractivity contribution < 1.29 is 4.79 Å². The molecule has 0 aliphatic heterocycles. The van der Waals surface area contributed by atoms with Crippen LogP contribution in [-0.2, 0) is 24.9 Å². The molecule has 2 aromatic rings. The average molecular weight is 235 g/mol. The average Bonchev–Trinajstić information content (AvgIpc) is 2.85. The Kier molecular flexibility index (Phi) is 3.03. The third-order valence-corrected chi connectivity index (χ3v) is 2.22. The minimum atomic E-state index is -0.156. The predicted octanol–water partition coefficient (Wildman–Crippen LogP) is -1.09. The zero-order valence-corrected chi connectivity index (χ0v) is 9.37. The molecule has 90 valence electrons. The molecular formula is C9H13N7O. The van der Waals surface area contributed by atoms with Crippen molar-refractivity contribution in [2.45, 2.75) is 13.1 Å². The van der Waals surface area contributed by atoms with Crippen LogP contribution < -0.4 is 11.1 Å². The monoisotopic (exact) mass is 235 g/mol. The number of nitrogens with two attached hydrogens (primary N) is 1. The molecule has 0 aliphatic carbocycles. The Bertz CT molecular complexity index is 515. The van der Waals surface area contributed by atoms with E-state index < -0.39 is 0 Å². The van der Waals surface area contributed by atoms with E-state index in [4.69, 9.17) is 5.73 Å². The number of nitrogens with one attached hydrogen (secondary N) is 1. The van der Waals surface area contributed by atoms with Gasteiger partial charge in [0.15, 0.2) is 5.82 Å². The molecule has 0 unspecified atom stereocenters. The summed E-state index contributed by atoms with van der Waals surface area (Å²) in [4.78, 5) is 11.6. The number of nitrogens with zero attached hydrogens (tertiary/aromatic N) is 5. The van der Waals surface area contributed by atoms with Gasteiger partial charge in [0.2, 0.25) is 5.91 Å². The number of aryl methyl sites for hydroxylation is 1. The van der Waals surface area contributed by atoms with Crippen LogP contribution in [0.4, 0.5) is 5.82 Å². The maximum absolute atomic E-state index is 11.6. The summed E-state index contributed by atoms with van der Waals surface area (Å²) in [7, 11) is 1.82. The molecule has 0 fully saturated rings. The second-order valence-corrected chi connectivity index (χ2v) is 3.57. The summed E-state index contributed by atoms with van der Waals surface area (Å²) in [6.07, 6.45) is 3.23. The van der Waals surface area contributed by atoms with Gasteiger partial charge in [0.05, 0.1) is 6.54 Å². The van der Waals surface area contributed by atoms with E-state index in [1.165, 1.54) is 4.68 Å². The van der Waals surface area contributed by atoms with Crippen LogP contribution in [0.1, 0.15) is 5.82 Å². The highest BCUT2D eigenvalue weighted by Crippen LogP contribution is 1.95. The lowest BCUT2D eigenvalue weighted by atomic mass is 10.5. The molecule has 2 rings (SSSR count). The number of nitrogen functional groups attached to an aromatic ring is 1. The molecule has 3 N–H and O–H groups in total. The molecule has 0 spiro atoms. The highest BCUT2D eigenvalue weighted by Gasteiger charge is 2.06. The number of anilines is 1. The lowest BCUT2D eigenvalue weighted by Crippen LogP contribution is -2.28. The van der Waals surface area contributed by atoms with Gasteiger partial charge >= 0.3 is 0 Å². The summed E-state index contributed by atoms with van der Waals surface area (Å²) in [6, 6.07) is 1.63. The topological polar surface area (TPSA) is 104 Å². The normalized spacial score (nSPS) is 10.4. The maximum Gasteiger partial charge on any atom is 0.242 e. The van der Waals surface area contributed by atoms with Crippen LogP contribution in [0.25, 0.3) is 0 Å². The second kappa shape index (κ2) is 4.64. The van der Waals surface area contributed by atoms with E-state index >= 15 is 0 Å². The van der Waals surface area contributed by atoms with Gasteiger partial charge in [-0.15, -0.1) is 10.2 Å². The molecule has 17 heavy (non-hydrogen) atoms. The fraction of sp³-hybridized carbons (Fsp3) is 0.333. The van der Waals surface area contributed by atoms with Crippen molar-refractivity contribution in [2.24, 2.45) is 7.05 Å². The zero-order chi connectivity index (χ0) is 12.3. The third kappa shape index (κ3) is 2.80. The highest BCUT2D eigenvalue weighted by molar-refractivity contribution is 5.75. The van der Waals surface area contributed by atoms with E-state index in [-0.39, 0.29) is 12.5 Å². The molecule has 0 saturated carbocycles. The van der Waals surface area contributed by atoms with Crippen LogP contribution in [-0.4, -0.2) is 30.5 Å². The Morgan fingerprint density at radius 3 is 3.00 bits per heavy atom. The molecule has 0 bridgehead atoms. The summed E-state index contributed by atoms with van der Waals surface area (Å²) >= 11 is 0. The van der Waals surface area contributed by atoms with Crippen LogP contribution in [0.5, 0.6) is 0 Å². The van der Waals surface area contributed by atoms with Gasteiger partial charge in [-0.25, -0.2) is 0 Å². The van der Waals surface area contributed by atoms with E-state index in [0.29, 0.717) is 18.2 Å². The van der Waals surface area contributed by atoms with E-state index in [0.717, 1.165) is 0 Å². The first-order chi connectivity index (χ1) is 8.15. The van der Waals surface area contributed by atoms with E-state index in [2.05, 4.69) is 20.6 Å². The highest BCUT2D eigenvalue weighted by atomic mass is 16.2. The number of aromatic nitrogens is 5. The van der Waals surface area contributed by atoms with Gasteiger partial charge in [0, 0.05) is 13.2 Å². The van der Waals surface area contributed by atoms with Gasteiger partial charge < -0.3 is 15.6 Å². The Labute approximate surface area is 97.4 Å². The molecule has 2 aromatic heterocycles. The standard InChI is InChI=1S/C9H13N7O/c1-15-6-12-13-8(15)4-11-9(17)5-16-3-2-7(10)14-16/h2-3,6H,4-5H2,1H3,(H2,10,14)(H,11,17). The van der Waals surface area contributed by atoms with Gasteiger partial charge in [-0.2, -0.15) is 5.10 Å². The predicted molar refractivity (Wildman–Crippen MR) is 59.5 cm³/mol. The van der Waals surface area contributed by atoms with E-state index in [1.54, 1.807) is 23.2 Å². The smallest absolute Gasteiger partial charge is 0.242 e. The van der Waals surface area contributed by atoms with Crippen LogP contribution in [0, 0.1) is 0 Å². The summed E-state index contributed by atoms with van der Waals surface area (Å²) in [5.41, 5.74) is 5.44. The second-order valence-electron chi connectivity index (χ2n) is 3.57. The maximum atomic E-state index is 11.6.